The molecule has 1 fully saturated rings. The van der Waals surface area contributed by atoms with Gasteiger partial charge in [-0.3, -0.25) is 0 Å². The molecule has 2 aromatic rings. The zero-order valence-corrected chi connectivity index (χ0v) is 10.4. The molecule has 1 aliphatic heterocycles. The number of rotatable bonds is 2. The highest BCUT2D eigenvalue weighted by atomic mass is 15.3. The maximum atomic E-state index is 5.73. The van der Waals surface area contributed by atoms with Crippen LogP contribution in [0.4, 0.5) is 5.82 Å². The van der Waals surface area contributed by atoms with E-state index in [0.717, 1.165) is 43.7 Å². The molecule has 18 heavy (non-hydrogen) atoms. The summed E-state index contributed by atoms with van der Waals surface area (Å²) in [6.07, 6.45) is 4.13. The molecular formula is C14H18N4. The molecule has 1 aromatic carbocycles. The highest BCUT2D eigenvalue weighted by Crippen LogP contribution is 2.26. The van der Waals surface area contributed by atoms with Crippen molar-refractivity contribution in [3.05, 3.63) is 30.5 Å². The van der Waals surface area contributed by atoms with Gasteiger partial charge in [-0.15, -0.1) is 5.10 Å². The molecule has 0 bridgehead atoms. The van der Waals surface area contributed by atoms with Crippen molar-refractivity contribution in [3.63, 3.8) is 0 Å². The summed E-state index contributed by atoms with van der Waals surface area (Å²) in [6.45, 7) is 2.87. The Morgan fingerprint density at radius 2 is 2.00 bits per heavy atom. The van der Waals surface area contributed by atoms with Crippen LogP contribution in [0.15, 0.2) is 30.5 Å². The number of hydrogen-bond acceptors (Lipinski definition) is 4. The number of hydrogen-bond donors (Lipinski definition) is 1. The molecule has 1 aliphatic rings. The van der Waals surface area contributed by atoms with E-state index in [1.54, 1.807) is 0 Å². The second-order valence-corrected chi connectivity index (χ2v) is 4.92. The monoisotopic (exact) mass is 242 g/mol. The standard InChI is InChI=1S/C14H18N4/c15-9-11-5-7-18(8-6-11)14-13-4-2-1-3-12(13)10-16-17-14/h1-4,10-11H,5-9,15H2. The number of fused-ring (bicyclic) bond motifs is 1. The van der Waals surface area contributed by atoms with Crippen molar-refractivity contribution in [1.82, 2.24) is 10.2 Å². The topological polar surface area (TPSA) is 55.0 Å². The average molecular weight is 242 g/mol. The van der Waals surface area contributed by atoms with E-state index in [0.29, 0.717) is 5.92 Å². The molecular weight excluding hydrogens is 224 g/mol. The first-order valence-corrected chi connectivity index (χ1v) is 6.54. The summed E-state index contributed by atoms with van der Waals surface area (Å²) in [6, 6.07) is 8.29. The molecule has 2 heterocycles. The summed E-state index contributed by atoms with van der Waals surface area (Å²) in [4.78, 5) is 2.33. The molecule has 0 spiro atoms. The Bertz CT molecular complexity index is 527. The largest absolute Gasteiger partial charge is 0.355 e. The molecule has 0 atom stereocenters. The predicted molar refractivity (Wildman–Crippen MR) is 73.5 cm³/mol. The van der Waals surface area contributed by atoms with Gasteiger partial charge in [0.25, 0.3) is 0 Å². The Hall–Kier alpha value is -1.68. The van der Waals surface area contributed by atoms with Gasteiger partial charge in [-0.25, -0.2) is 0 Å². The van der Waals surface area contributed by atoms with Gasteiger partial charge in [-0.2, -0.15) is 5.10 Å². The zero-order chi connectivity index (χ0) is 12.4. The van der Waals surface area contributed by atoms with Crippen LogP contribution in [-0.4, -0.2) is 29.8 Å². The lowest BCUT2D eigenvalue weighted by atomic mass is 9.97. The number of aromatic nitrogens is 2. The van der Waals surface area contributed by atoms with Gasteiger partial charge in [0.2, 0.25) is 0 Å². The SMILES string of the molecule is NCC1CCN(c2nncc3ccccc23)CC1. The molecule has 1 saturated heterocycles. The molecule has 0 radical (unpaired) electrons. The minimum Gasteiger partial charge on any atom is -0.355 e. The summed E-state index contributed by atoms with van der Waals surface area (Å²) in [5.74, 6) is 1.69. The lowest BCUT2D eigenvalue weighted by Gasteiger charge is -2.32. The lowest BCUT2D eigenvalue weighted by molar-refractivity contribution is 0.413. The third-order valence-electron chi connectivity index (χ3n) is 3.80. The van der Waals surface area contributed by atoms with Crippen molar-refractivity contribution in [2.45, 2.75) is 12.8 Å². The van der Waals surface area contributed by atoms with Gasteiger partial charge in [0.15, 0.2) is 5.82 Å². The first-order chi connectivity index (χ1) is 8.88. The van der Waals surface area contributed by atoms with Crippen LogP contribution in [0, 0.1) is 5.92 Å². The second-order valence-electron chi connectivity index (χ2n) is 4.92. The van der Waals surface area contributed by atoms with Crippen molar-refractivity contribution in [2.24, 2.45) is 11.7 Å². The van der Waals surface area contributed by atoms with Crippen LogP contribution in [0.1, 0.15) is 12.8 Å². The normalized spacial score (nSPS) is 17.3. The molecule has 94 valence electrons. The van der Waals surface area contributed by atoms with Crippen LogP contribution >= 0.6 is 0 Å². The Morgan fingerprint density at radius 1 is 1.22 bits per heavy atom. The van der Waals surface area contributed by atoms with E-state index in [9.17, 15) is 0 Å². The molecule has 2 N–H and O–H groups in total. The fourth-order valence-corrected chi connectivity index (χ4v) is 2.63. The molecule has 4 heteroatoms. The van der Waals surface area contributed by atoms with Crippen LogP contribution in [0.25, 0.3) is 10.8 Å². The van der Waals surface area contributed by atoms with Crippen LogP contribution in [0.2, 0.25) is 0 Å². The molecule has 0 amide bonds. The van der Waals surface area contributed by atoms with Crippen molar-refractivity contribution in [1.29, 1.82) is 0 Å². The van der Waals surface area contributed by atoms with Gasteiger partial charge in [-0.1, -0.05) is 24.3 Å². The van der Waals surface area contributed by atoms with E-state index < -0.39 is 0 Å². The fraction of sp³-hybridized carbons (Fsp3) is 0.429. The number of piperidine rings is 1. The lowest BCUT2D eigenvalue weighted by Crippen LogP contribution is -2.36. The maximum Gasteiger partial charge on any atom is 0.159 e. The maximum absolute atomic E-state index is 5.73. The van der Waals surface area contributed by atoms with E-state index in [-0.39, 0.29) is 0 Å². The van der Waals surface area contributed by atoms with E-state index >= 15 is 0 Å². The molecule has 3 rings (SSSR count). The summed E-state index contributed by atoms with van der Waals surface area (Å²) in [5, 5.41) is 10.8. The molecule has 0 unspecified atom stereocenters. The predicted octanol–water partition coefficient (Wildman–Crippen LogP) is 1.80. The van der Waals surface area contributed by atoms with Gasteiger partial charge in [-0.05, 0) is 25.3 Å². The van der Waals surface area contributed by atoms with Gasteiger partial charge < -0.3 is 10.6 Å². The summed E-state index contributed by atoms with van der Waals surface area (Å²) in [7, 11) is 0. The summed E-state index contributed by atoms with van der Waals surface area (Å²) in [5.41, 5.74) is 5.73. The summed E-state index contributed by atoms with van der Waals surface area (Å²) < 4.78 is 0. The fourth-order valence-electron chi connectivity index (χ4n) is 2.63. The van der Waals surface area contributed by atoms with Crippen molar-refractivity contribution in [2.75, 3.05) is 24.5 Å². The smallest absolute Gasteiger partial charge is 0.159 e. The van der Waals surface area contributed by atoms with Crippen molar-refractivity contribution >= 4 is 16.6 Å². The van der Waals surface area contributed by atoms with Crippen LogP contribution < -0.4 is 10.6 Å². The number of nitrogens with zero attached hydrogens (tertiary/aromatic N) is 3. The first-order valence-electron chi connectivity index (χ1n) is 6.54. The third-order valence-corrected chi connectivity index (χ3v) is 3.80. The average Bonchev–Trinajstić information content (AvgIpc) is 2.47. The van der Waals surface area contributed by atoms with E-state index in [1.807, 2.05) is 12.3 Å². The van der Waals surface area contributed by atoms with Crippen molar-refractivity contribution < 1.29 is 0 Å². The molecule has 4 nitrogen and oxygen atoms in total. The minimum atomic E-state index is 0.671. The Balaban J connectivity index is 1.91. The molecule has 1 aromatic heterocycles. The highest BCUT2D eigenvalue weighted by molar-refractivity contribution is 5.91. The first kappa shape index (κ1) is 11.4. The van der Waals surface area contributed by atoms with Crippen LogP contribution in [0.5, 0.6) is 0 Å². The number of anilines is 1. The van der Waals surface area contributed by atoms with Crippen LogP contribution in [-0.2, 0) is 0 Å². The molecule has 0 saturated carbocycles. The van der Waals surface area contributed by atoms with Crippen LogP contribution in [0.3, 0.4) is 0 Å². The van der Waals surface area contributed by atoms with Gasteiger partial charge in [0.1, 0.15) is 0 Å². The van der Waals surface area contributed by atoms with Gasteiger partial charge >= 0.3 is 0 Å². The van der Waals surface area contributed by atoms with E-state index in [4.69, 9.17) is 5.73 Å². The number of benzene rings is 1. The highest BCUT2D eigenvalue weighted by Gasteiger charge is 2.20. The quantitative estimate of drug-likeness (QED) is 0.872. The Kier molecular flexibility index (Phi) is 3.11. The van der Waals surface area contributed by atoms with E-state index in [1.165, 1.54) is 5.39 Å². The second kappa shape index (κ2) is 4.90. The zero-order valence-electron chi connectivity index (χ0n) is 10.4. The number of nitrogens with two attached hydrogens (primary N) is 1. The summed E-state index contributed by atoms with van der Waals surface area (Å²) >= 11 is 0. The van der Waals surface area contributed by atoms with Gasteiger partial charge in [0, 0.05) is 23.9 Å². The molecule has 0 aliphatic carbocycles. The Labute approximate surface area is 107 Å². The minimum absolute atomic E-state index is 0.671. The van der Waals surface area contributed by atoms with Gasteiger partial charge in [0.05, 0.1) is 6.20 Å². The van der Waals surface area contributed by atoms with Crippen molar-refractivity contribution in [3.8, 4) is 0 Å². The third kappa shape index (κ3) is 2.04. The van der Waals surface area contributed by atoms with E-state index in [2.05, 4.69) is 33.3 Å². The Morgan fingerprint density at radius 3 is 2.78 bits per heavy atom.